The van der Waals surface area contributed by atoms with Gasteiger partial charge in [-0.05, 0) is 24.6 Å². The minimum absolute atomic E-state index is 0.0558. The maximum Gasteiger partial charge on any atom is 0.170 e. The summed E-state index contributed by atoms with van der Waals surface area (Å²) in [6.07, 6.45) is 1.95. The molecule has 1 aromatic heterocycles. The number of hydrogen-bond donors (Lipinski definition) is 1. The predicted octanol–water partition coefficient (Wildman–Crippen LogP) is 5.72. The van der Waals surface area contributed by atoms with E-state index in [1.165, 1.54) is 0 Å². The molecule has 4 heteroatoms. The van der Waals surface area contributed by atoms with Crippen LogP contribution in [-0.4, -0.2) is 23.7 Å². The second-order valence-electron chi connectivity index (χ2n) is 7.34. The van der Waals surface area contributed by atoms with E-state index in [4.69, 9.17) is 4.74 Å². The number of carbonyl (C=O) groups is 2. The number of ether oxygens (including phenoxy) is 1. The van der Waals surface area contributed by atoms with E-state index in [0.29, 0.717) is 11.1 Å². The molecule has 4 aromatic rings. The molecule has 0 spiro atoms. The highest BCUT2D eigenvalue weighted by atomic mass is 16.5. The molecular formula is C26H23NO3. The molecule has 4 rings (SSSR count). The van der Waals surface area contributed by atoms with Gasteiger partial charge in [0, 0.05) is 40.2 Å². The lowest BCUT2D eigenvalue weighted by molar-refractivity contribution is 0.0894. The quantitative estimate of drug-likeness (QED) is 0.406. The van der Waals surface area contributed by atoms with Crippen molar-refractivity contribution in [1.29, 1.82) is 0 Å². The predicted molar refractivity (Wildman–Crippen MR) is 118 cm³/mol. The number of Topliss-reactive ketones (excluding diaryl/α,β-unsaturated/α-hetero) is 2. The fourth-order valence-electron chi connectivity index (χ4n) is 3.98. The zero-order valence-corrected chi connectivity index (χ0v) is 17.0. The van der Waals surface area contributed by atoms with Gasteiger partial charge in [0.25, 0.3) is 0 Å². The van der Waals surface area contributed by atoms with Crippen molar-refractivity contribution in [3.05, 3.63) is 101 Å². The summed E-state index contributed by atoms with van der Waals surface area (Å²) in [4.78, 5) is 29.8. The summed E-state index contributed by atoms with van der Waals surface area (Å²) in [7, 11) is 1.63. The molecule has 0 saturated heterocycles. The van der Waals surface area contributed by atoms with Gasteiger partial charge in [-0.25, -0.2) is 0 Å². The maximum atomic E-state index is 13.5. The van der Waals surface area contributed by atoms with E-state index in [2.05, 4.69) is 4.98 Å². The number of aromatic nitrogens is 1. The Morgan fingerprint density at radius 1 is 0.900 bits per heavy atom. The van der Waals surface area contributed by atoms with Gasteiger partial charge in [0.05, 0.1) is 13.0 Å². The van der Waals surface area contributed by atoms with Crippen molar-refractivity contribution in [2.75, 3.05) is 7.11 Å². The van der Waals surface area contributed by atoms with E-state index in [0.717, 1.165) is 27.8 Å². The van der Waals surface area contributed by atoms with Crippen molar-refractivity contribution in [1.82, 2.24) is 4.98 Å². The minimum Gasteiger partial charge on any atom is -0.496 e. The number of fused-ring (bicyclic) bond motifs is 1. The molecule has 0 aliphatic rings. The maximum absolute atomic E-state index is 13.5. The number of hydrogen-bond acceptors (Lipinski definition) is 3. The van der Waals surface area contributed by atoms with E-state index in [9.17, 15) is 9.59 Å². The Labute approximate surface area is 175 Å². The zero-order valence-electron chi connectivity index (χ0n) is 17.0. The highest BCUT2D eigenvalue weighted by Gasteiger charge is 2.28. The van der Waals surface area contributed by atoms with Crippen LogP contribution >= 0.6 is 0 Å². The Morgan fingerprint density at radius 2 is 1.53 bits per heavy atom. The SMILES string of the molecule is COc1ccc2[nH]cc([C@H](CC(=O)c3ccccc3)C(=O)c3ccccc3)c2c1C. The van der Waals surface area contributed by atoms with Crippen LogP contribution in [0.3, 0.4) is 0 Å². The number of aryl methyl sites for hydroxylation is 1. The first-order valence-electron chi connectivity index (χ1n) is 9.92. The minimum atomic E-state index is -0.598. The Bertz CT molecular complexity index is 1190. The Morgan fingerprint density at radius 3 is 2.17 bits per heavy atom. The lowest BCUT2D eigenvalue weighted by Crippen LogP contribution is -2.17. The van der Waals surface area contributed by atoms with Crippen LogP contribution in [0.25, 0.3) is 10.9 Å². The first-order chi connectivity index (χ1) is 14.6. The van der Waals surface area contributed by atoms with Crippen molar-refractivity contribution in [3.63, 3.8) is 0 Å². The van der Waals surface area contributed by atoms with Gasteiger partial charge in [-0.15, -0.1) is 0 Å². The van der Waals surface area contributed by atoms with E-state index >= 15 is 0 Å². The number of nitrogens with one attached hydrogen (secondary N) is 1. The molecule has 0 unspecified atom stereocenters. The van der Waals surface area contributed by atoms with Crippen LogP contribution < -0.4 is 4.74 Å². The summed E-state index contributed by atoms with van der Waals surface area (Å²) < 4.78 is 5.49. The van der Waals surface area contributed by atoms with E-state index < -0.39 is 5.92 Å². The smallest absolute Gasteiger partial charge is 0.170 e. The van der Waals surface area contributed by atoms with Gasteiger partial charge in [-0.1, -0.05) is 60.7 Å². The van der Waals surface area contributed by atoms with Gasteiger partial charge in [0.2, 0.25) is 0 Å². The normalized spacial score (nSPS) is 11.9. The second-order valence-corrected chi connectivity index (χ2v) is 7.34. The Kier molecular flexibility index (Phi) is 5.48. The largest absolute Gasteiger partial charge is 0.496 e. The molecule has 0 aliphatic heterocycles. The third-order valence-corrected chi connectivity index (χ3v) is 5.54. The summed E-state index contributed by atoms with van der Waals surface area (Å²) in [5.41, 5.74) is 3.89. The van der Waals surface area contributed by atoms with Crippen molar-refractivity contribution in [3.8, 4) is 5.75 Å². The molecule has 0 radical (unpaired) electrons. The summed E-state index contributed by atoms with van der Waals surface area (Å²) in [5.74, 6) is 0.0334. The third kappa shape index (κ3) is 3.64. The summed E-state index contributed by atoms with van der Waals surface area (Å²) in [6, 6.07) is 22.1. The summed E-state index contributed by atoms with van der Waals surface area (Å²) in [5, 5.41) is 0.935. The molecule has 0 fully saturated rings. The monoisotopic (exact) mass is 397 g/mol. The van der Waals surface area contributed by atoms with Gasteiger partial charge < -0.3 is 9.72 Å². The molecule has 1 heterocycles. The van der Waals surface area contributed by atoms with Crippen LogP contribution in [0.15, 0.2) is 79.0 Å². The van der Waals surface area contributed by atoms with Crippen molar-refractivity contribution in [2.45, 2.75) is 19.3 Å². The first kappa shape index (κ1) is 19.6. The van der Waals surface area contributed by atoms with E-state index in [-0.39, 0.29) is 18.0 Å². The van der Waals surface area contributed by atoms with Gasteiger partial charge in [-0.3, -0.25) is 9.59 Å². The lowest BCUT2D eigenvalue weighted by atomic mass is 9.84. The average Bonchev–Trinajstić information content (AvgIpc) is 3.23. The Hall–Kier alpha value is -3.66. The van der Waals surface area contributed by atoms with Crippen LogP contribution in [0, 0.1) is 6.92 Å². The number of aromatic amines is 1. The van der Waals surface area contributed by atoms with Crippen molar-refractivity contribution >= 4 is 22.5 Å². The molecule has 0 bridgehead atoms. The summed E-state index contributed by atoms with van der Waals surface area (Å²) >= 11 is 0. The second kappa shape index (κ2) is 8.37. The van der Waals surface area contributed by atoms with Crippen LogP contribution in [-0.2, 0) is 0 Å². The zero-order chi connectivity index (χ0) is 21.1. The van der Waals surface area contributed by atoms with E-state index in [1.54, 1.807) is 31.4 Å². The fraction of sp³-hybridized carbons (Fsp3) is 0.154. The standard InChI is InChI=1S/C26H23NO3/c1-17-24(30-2)14-13-22-25(17)21(16-27-22)20(26(29)19-11-7-4-8-12-19)15-23(28)18-9-5-3-6-10-18/h3-14,16,20,27H,15H2,1-2H3/t20-/m0/s1. The van der Waals surface area contributed by atoms with Crippen molar-refractivity contribution < 1.29 is 14.3 Å². The topological polar surface area (TPSA) is 59.2 Å². The number of methoxy groups -OCH3 is 1. The number of carbonyl (C=O) groups excluding carboxylic acids is 2. The molecule has 30 heavy (non-hydrogen) atoms. The van der Waals surface area contributed by atoms with Gasteiger partial charge >= 0.3 is 0 Å². The van der Waals surface area contributed by atoms with E-state index in [1.807, 2.05) is 61.7 Å². The fourth-order valence-corrected chi connectivity index (χ4v) is 3.98. The number of rotatable bonds is 7. The Balaban J connectivity index is 1.82. The van der Waals surface area contributed by atoms with Gasteiger partial charge in [0.15, 0.2) is 11.6 Å². The molecule has 1 atom stereocenters. The lowest BCUT2D eigenvalue weighted by Gasteiger charge is -2.17. The number of ketones is 2. The third-order valence-electron chi connectivity index (χ3n) is 5.54. The highest BCUT2D eigenvalue weighted by molar-refractivity contribution is 6.08. The van der Waals surface area contributed by atoms with Crippen molar-refractivity contribution in [2.24, 2.45) is 0 Å². The highest BCUT2D eigenvalue weighted by Crippen LogP contribution is 2.36. The molecule has 0 aliphatic carbocycles. The van der Waals surface area contributed by atoms with Crippen LogP contribution in [0.2, 0.25) is 0 Å². The first-order valence-corrected chi connectivity index (χ1v) is 9.92. The van der Waals surface area contributed by atoms with Crippen LogP contribution in [0.5, 0.6) is 5.75 Å². The summed E-state index contributed by atoms with van der Waals surface area (Å²) in [6.45, 7) is 1.97. The molecule has 0 amide bonds. The van der Waals surface area contributed by atoms with Crippen LogP contribution in [0.1, 0.15) is 44.2 Å². The molecule has 1 N–H and O–H groups in total. The molecule has 3 aromatic carbocycles. The number of benzene rings is 3. The van der Waals surface area contributed by atoms with Gasteiger partial charge in [-0.2, -0.15) is 0 Å². The number of H-pyrrole nitrogens is 1. The van der Waals surface area contributed by atoms with Gasteiger partial charge in [0.1, 0.15) is 5.75 Å². The molecule has 0 saturated carbocycles. The molecule has 150 valence electrons. The van der Waals surface area contributed by atoms with Crippen LogP contribution in [0.4, 0.5) is 0 Å². The molecule has 4 nitrogen and oxygen atoms in total. The average molecular weight is 397 g/mol. The molecular weight excluding hydrogens is 374 g/mol.